The Morgan fingerprint density at radius 3 is 3.09 bits per heavy atom. The maximum Gasteiger partial charge on any atom is -0.00430 e. The van der Waals surface area contributed by atoms with Gasteiger partial charge in [-0.2, -0.15) is 0 Å². The highest BCUT2D eigenvalue weighted by atomic mass is 14.6. The number of rotatable bonds is 2. The summed E-state index contributed by atoms with van der Waals surface area (Å²) in [5.41, 5.74) is 7.32. The summed E-state index contributed by atoms with van der Waals surface area (Å²) in [5.74, 6) is 2.68. The van der Waals surface area contributed by atoms with E-state index in [1.54, 1.807) is 5.57 Å². The predicted molar refractivity (Wildman–Crippen MR) is 47.1 cm³/mol. The van der Waals surface area contributed by atoms with Gasteiger partial charge in [0.05, 0.1) is 0 Å². The van der Waals surface area contributed by atoms with Crippen molar-refractivity contribution in [3.05, 3.63) is 11.6 Å². The Morgan fingerprint density at radius 1 is 1.64 bits per heavy atom. The molecule has 2 rings (SSSR count). The molecule has 0 aromatic rings. The van der Waals surface area contributed by atoms with Gasteiger partial charge in [-0.05, 0) is 43.6 Å². The molecule has 11 heavy (non-hydrogen) atoms. The molecule has 1 unspecified atom stereocenters. The highest BCUT2D eigenvalue weighted by Crippen LogP contribution is 2.49. The monoisotopic (exact) mass is 151 g/mol. The fourth-order valence-corrected chi connectivity index (χ4v) is 2.58. The minimum absolute atomic E-state index is 0.823. The van der Waals surface area contributed by atoms with Crippen LogP contribution in [0.2, 0.25) is 0 Å². The molecule has 3 atom stereocenters. The molecule has 1 heteroatoms. The third kappa shape index (κ3) is 1.02. The fourth-order valence-electron chi connectivity index (χ4n) is 2.58. The number of nitrogens with two attached hydrogens (primary N) is 1. The second-order valence-corrected chi connectivity index (χ2v) is 3.95. The summed E-state index contributed by atoms with van der Waals surface area (Å²) in [6, 6.07) is 0. The first-order valence-corrected chi connectivity index (χ1v) is 4.74. The Bertz CT molecular complexity index is 183. The van der Waals surface area contributed by atoms with Crippen molar-refractivity contribution in [2.24, 2.45) is 23.5 Å². The van der Waals surface area contributed by atoms with Crippen LogP contribution in [0.5, 0.6) is 0 Å². The van der Waals surface area contributed by atoms with Crippen LogP contribution in [-0.2, 0) is 0 Å². The van der Waals surface area contributed by atoms with Gasteiger partial charge in [0.2, 0.25) is 0 Å². The van der Waals surface area contributed by atoms with Gasteiger partial charge in [-0.25, -0.2) is 0 Å². The van der Waals surface area contributed by atoms with Crippen molar-refractivity contribution in [3.8, 4) is 0 Å². The van der Waals surface area contributed by atoms with Crippen molar-refractivity contribution in [2.45, 2.75) is 26.2 Å². The first-order chi connectivity index (χ1) is 5.35. The lowest BCUT2D eigenvalue weighted by atomic mass is 9.66. The van der Waals surface area contributed by atoms with Crippen LogP contribution >= 0.6 is 0 Å². The maximum atomic E-state index is 5.65. The Hall–Kier alpha value is -0.300. The van der Waals surface area contributed by atoms with E-state index in [1.807, 2.05) is 0 Å². The molecule has 2 aliphatic rings. The normalized spacial score (nSPS) is 41.3. The van der Waals surface area contributed by atoms with Crippen molar-refractivity contribution >= 4 is 0 Å². The third-order valence-corrected chi connectivity index (χ3v) is 3.40. The van der Waals surface area contributed by atoms with Gasteiger partial charge in [0.25, 0.3) is 0 Å². The van der Waals surface area contributed by atoms with Gasteiger partial charge in [-0.1, -0.05) is 18.6 Å². The molecule has 0 aromatic heterocycles. The average Bonchev–Trinajstić information content (AvgIpc) is 2.31. The van der Waals surface area contributed by atoms with Gasteiger partial charge in [0.15, 0.2) is 0 Å². The first-order valence-electron chi connectivity index (χ1n) is 4.74. The Morgan fingerprint density at radius 2 is 2.45 bits per heavy atom. The van der Waals surface area contributed by atoms with E-state index in [4.69, 9.17) is 5.73 Å². The molecule has 62 valence electrons. The van der Waals surface area contributed by atoms with Gasteiger partial charge in [0, 0.05) is 0 Å². The standard InChI is InChI=1S/C10H17N/c1-2-7-3-8-5-9(6-11)10(8)4-7/h4,8-10H,2-3,5-6,11H2,1H3/t8-,9?,10+/m0/s1. The number of allylic oxidation sites excluding steroid dienone is 2. The van der Waals surface area contributed by atoms with Crippen LogP contribution in [0.25, 0.3) is 0 Å². The molecule has 0 radical (unpaired) electrons. The first kappa shape index (κ1) is 7.35. The molecule has 1 nitrogen and oxygen atoms in total. The van der Waals surface area contributed by atoms with Gasteiger partial charge in [0.1, 0.15) is 0 Å². The van der Waals surface area contributed by atoms with Crippen LogP contribution in [0.4, 0.5) is 0 Å². The molecule has 0 aliphatic heterocycles. The quantitative estimate of drug-likeness (QED) is 0.600. The van der Waals surface area contributed by atoms with Crippen molar-refractivity contribution in [2.75, 3.05) is 6.54 Å². The van der Waals surface area contributed by atoms with Crippen LogP contribution in [0, 0.1) is 17.8 Å². The van der Waals surface area contributed by atoms with Gasteiger partial charge < -0.3 is 5.73 Å². The third-order valence-electron chi connectivity index (χ3n) is 3.40. The zero-order valence-electron chi connectivity index (χ0n) is 7.22. The molecule has 1 saturated carbocycles. The molecule has 0 amide bonds. The van der Waals surface area contributed by atoms with E-state index >= 15 is 0 Å². The molecule has 2 N–H and O–H groups in total. The topological polar surface area (TPSA) is 26.0 Å². The summed E-state index contributed by atoms with van der Waals surface area (Å²) in [6.45, 7) is 3.16. The summed E-state index contributed by atoms with van der Waals surface area (Å²) in [4.78, 5) is 0. The lowest BCUT2D eigenvalue weighted by Gasteiger charge is -2.39. The van der Waals surface area contributed by atoms with Crippen LogP contribution in [-0.4, -0.2) is 6.54 Å². The summed E-state index contributed by atoms with van der Waals surface area (Å²) in [5, 5.41) is 0. The van der Waals surface area contributed by atoms with Crippen LogP contribution in [0.3, 0.4) is 0 Å². The van der Waals surface area contributed by atoms with Crippen molar-refractivity contribution < 1.29 is 0 Å². The van der Waals surface area contributed by atoms with Gasteiger partial charge in [-0.3, -0.25) is 0 Å². The Kier molecular flexibility index (Phi) is 1.76. The molecule has 1 fully saturated rings. The molecule has 0 aromatic carbocycles. The molecule has 2 aliphatic carbocycles. The number of fused-ring (bicyclic) bond motifs is 1. The summed E-state index contributed by atoms with van der Waals surface area (Å²) < 4.78 is 0. The highest BCUT2D eigenvalue weighted by Gasteiger charge is 2.41. The van der Waals surface area contributed by atoms with Crippen LogP contribution < -0.4 is 5.73 Å². The number of hydrogen-bond donors (Lipinski definition) is 1. The minimum atomic E-state index is 0.823. The summed E-state index contributed by atoms with van der Waals surface area (Å²) >= 11 is 0. The largest absolute Gasteiger partial charge is 0.330 e. The highest BCUT2D eigenvalue weighted by molar-refractivity contribution is 5.19. The van der Waals surface area contributed by atoms with Crippen LogP contribution in [0.15, 0.2) is 11.6 Å². The van der Waals surface area contributed by atoms with Crippen molar-refractivity contribution in [1.29, 1.82) is 0 Å². The molecular weight excluding hydrogens is 134 g/mol. The molecule has 0 bridgehead atoms. The zero-order chi connectivity index (χ0) is 7.84. The summed E-state index contributed by atoms with van der Waals surface area (Å²) in [6.07, 6.45) is 6.51. The molecule has 0 heterocycles. The number of hydrogen-bond acceptors (Lipinski definition) is 1. The summed E-state index contributed by atoms with van der Waals surface area (Å²) in [7, 11) is 0. The second kappa shape index (κ2) is 2.63. The average molecular weight is 151 g/mol. The Balaban J connectivity index is 2.00. The Labute approximate surface area is 68.7 Å². The van der Waals surface area contributed by atoms with E-state index in [0.29, 0.717) is 0 Å². The van der Waals surface area contributed by atoms with Crippen molar-refractivity contribution in [3.63, 3.8) is 0 Å². The van der Waals surface area contributed by atoms with E-state index < -0.39 is 0 Å². The second-order valence-electron chi connectivity index (χ2n) is 3.95. The van der Waals surface area contributed by atoms with Crippen molar-refractivity contribution in [1.82, 2.24) is 0 Å². The minimum Gasteiger partial charge on any atom is -0.330 e. The smallest absolute Gasteiger partial charge is 0.00430 e. The lowest BCUT2D eigenvalue weighted by Crippen LogP contribution is -2.37. The van der Waals surface area contributed by atoms with E-state index in [0.717, 1.165) is 24.3 Å². The van der Waals surface area contributed by atoms with E-state index in [2.05, 4.69) is 13.0 Å². The van der Waals surface area contributed by atoms with Crippen LogP contribution in [0.1, 0.15) is 26.2 Å². The van der Waals surface area contributed by atoms with E-state index in [9.17, 15) is 0 Å². The van der Waals surface area contributed by atoms with E-state index in [-0.39, 0.29) is 0 Å². The fraction of sp³-hybridized carbons (Fsp3) is 0.800. The maximum absolute atomic E-state index is 5.65. The van der Waals surface area contributed by atoms with E-state index in [1.165, 1.54) is 19.3 Å². The molecule has 0 saturated heterocycles. The molecule has 0 spiro atoms. The molecular formula is C10H17N. The SMILES string of the molecule is CCC1=C[C@H]2C(CN)C[C@@H]2C1. The zero-order valence-corrected chi connectivity index (χ0v) is 7.22. The van der Waals surface area contributed by atoms with Gasteiger partial charge >= 0.3 is 0 Å². The van der Waals surface area contributed by atoms with Gasteiger partial charge in [-0.15, -0.1) is 0 Å². The predicted octanol–water partition coefficient (Wildman–Crippen LogP) is 1.94. The lowest BCUT2D eigenvalue weighted by molar-refractivity contribution is 0.137.